The second-order valence-corrected chi connectivity index (χ2v) is 3.53. The number of esters is 2. The first-order valence-electron chi connectivity index (χ1n) is 4.69. The first-order valence-corrected chi connectivity index (χ1v) is 4.69. The molecule has 1 heterocycles. The molecule has 4 nitrogen and oxygen atoms in total. The number of carbonyl (C=O) groups is 2. The Morgan fingerprint density at radius 2 is 1.31 bits per heavy atom. The Morgan fingerprint density at radius 1 is 0.846 bits per heavy atom. The van der Waals surface area contributed by atoms with E-state index in [1.807, 2.05) is 0 Å². The molecule has 0 aromatic heterocycles. The van der Waals surface area contributed by atoms with Crippen LogP contribution in [0.15, 0.2) is 0 Å². The first-order chi connectivity index (χ1) is 6.27. The Hall–Kier alpha value is -1.06. The molecule has 2 atom stereocenters. The molecule has 0 aromatic rings. The predicted molar refractivity (Wildman–Crippen MR) is 42.8 cm³/mol. The molecule has 2 rings (SSSR count). The molecule has 0 N–H and O–H groups in total. The van der Waals surface area contributed by atoms with E-state index in [4.69, 9.17) is 9.47 Å². The van der Waals surface area contributed by atoms with Crippen molar-refractivity contribution in [3.63, 3.8) is 0 Å². The van der Waals surface area contributed by atoms with Gasteiger partial charge in [-0.15, -0.1) is 0 Å². The van der Waals surface area contributed by atoms with Crippen molar-refractivity contribution in [3.05, 3.63) is 0 Å². The van der Waals surface area contributed by atoms with Crippen LogP contribution >= 0.6 is 0 Å². The van der Waals surface area contributed by atoms with Crippen LogP contribution in [0, 0.1) is 0 Å². The van der Waals surface area contributed by atoms with E-state index in [9.17, 15) is 9.59 Å². The molecule has 0 amide bonds. The number of ether oxygens (including phenoxy) is 2. The third-order valence-electron chi connectivity index (χ3n) is 2.58. The highest BCUT2D eigenvalue weighted by molar-refractivity contribution is 6.30. The fraction of sp³-hybridized carbons (Fsp3) is 0.778. The van der Waals surface area contributed by atoms with E-state index in [0.29, 0.717) is 0 Å². The SMILES string of the molecule is O=C1O[C@H]2CCCCC[C@@H]2OC1=O. The van der Waals surface area contributed by atoms with Crippen LogP contribution in [-0.4, -0.2) is 24.1 Å². The van der Waals surface area contributed by atoms with Crippen LogP contribution in [-0.2, 0) is 19.1 Å². The Balaban J connectivity index is 2.07. The Bertz CT molecular complexity index is 212. The monoisotopic (exact) mass is 184 g/mol. The Morgan fingerprint density at radius 3 is 1.77 bits per heavy atom. The molecule has 1 aliphatic heterocycles. The first kappa shape index (κ1) is 8.53. The van der Waals surface area contributed by atoms with Crippen molar-refractivity contribution in [1.82, 2.24) is 0 Å². The molecule has 13 heavy (non-hydrogen) atoms. The van der Waals surface area contributed by atoms with E-state index < -0.39 is 11.9 Å². The molecule has 2 aliphatic rings. The summed E-state index contributed by atoms with van der Waals surface area (Å²) in [5.74, 6) is -1.66. The maximum absolute atomic E-state index is 10.9. The van der Waals surface area contributed by atoms with Crippen LogP contribution in [0.4, 0.5) is 0 Å². The van der Waals surface area contributed by atoms with E-state index in [1.165, 1.54) is 0 Å². The fourth-order valence-corrected chi connectivity index (χ4v) is 1.88. The van der Waals surface area contributed by atoms with Crippen LogP contribution in [0.2, 0.25) is 0 Å². The molecule has 72 valence electrons. The molecular weight excluding hydrogens is 172 g/mol. The normalized spacial score (nSPS) is 34.2. The molecule has 0 bridgehead atoms. The van der Waals surface area contributed by atoms with E-state index in [0.717, 1.165) is 32.1 Å². The highest BCUT2D eigenvalue weighted by atomic mass is 16.6. The lowest BCUT2D eigenvalue weighted by atomic mass is 10.1. The highest BCUT2D eigenvalue weighted by Gasteiger charge is 2.38. The van der Waals surface area contributed by atoms with E-state index in [-0.39, 0.29) is 12.2 Å². The van der Waals surface area contributed by atoms with Crippen LogP contribution in [0.25, 0.3) is 0 Å². The standard InChI is InChI=1S/C9H12O4/c10-8-9(11)13-7-5-3-1-2-4-6(7)12-8/h6-7H,1-5H2/t6-,7-/m0/s1. The highest BCUT2D eigenvalue weighted by Crippen LogP contribution is 2.26. The molecule has 4 heteroatoms. The predicted octanol–water partition coefficient (Wildman–Crippen LogP) is 0.788. The largest absolute Gasteiger partial charge is 0.450 e. The second kappa shape index (κ2) is 3.36. The average molecular weight is 184 g/mol. The van der Waals surface area contributed by atoms with Crippen molar-refractivity contribution in [2.45, 2.75) is 44.3 Å². The maximum Gasteiger partial charge on any atom is 0.417 e. The number of carbonyl (C=O) groups excluding carboxylic acids is 2. The van der Waals surface area contributed by atoms with Gasteiger partial charge in [-0.2, -0.15) is 0 Å². The van der Waals surface area contributed by atoms with Crippen LogP contribution < -0.4 is 0 Å². The Kier molecular flexibility index (Phi) is 2.20. The van der Waals surface area contributed by atoms with E-state index in [1.54, 1.807) is 0 Å². The maximum atomic E-state index is 10.9. The molecular formula is C9H12O4. The van der Waals surface area contributed by atoms with Gasteiger partial charge in [-0.3, -0.25) is 0 Å². The fourth-order valence-electron chi connectivity index (χ4n) is 1.88. The van der Waals surface area contributed by atoms with Gasteiger partial charge >= 0.3 is 11.9 Å². The minimum absolute atomic E-state index is 0.187. The van der Waals surface area contributed by atoms with Gasteiger partial charge in [-0.25, -0.2) is 9.59 Å². The van der Waals surface area contributed by atoms with Crippen molar-refractivity contribution < 1.29 is 19.1 Å². The number of rotatable bonds is 0. The van der Waals surface area contributed by atoms with Gasteiger partial charge < -0.3 is 9.47 Å². The summed E-state index contributed by atoms with van der Waals surface area (Å²) in [6.07, 6.45) is 4.49. The van der Waals surface area contributed by atoms with Gasteiger partial charge in [0.2, 0.25) is 0 Å². The Labute approximate surface area is 76.2 Å². The summed E-state index contributed by atoms with van der Waals surface area (Å²) in [6, 6.07) is 0. The summed E-state index contributed by atoms with van der Waals surface area (Å²) in [5.41, 5.74) is 0. The van der Waals surface area contributed by atoms with Gasteiger partial charge in [-0.05, 0) is 25.7 Å². The van der Waals surface area contributed by atoms with Crippen molar-refractivity contribution in [2.75, 3.05) is 0 Å². The number of hydrogen-bond acceptors (Lipinski definition) is 4. The number of fused-ring (bicyclic) bond motifs is 1. The quantitative estimate of drug-likeness (QED) is 0.412. The van der Waals surface area contributed by atoms with Crippen molar-refractivity contribution in [3.8, 4) is 0 Å². The van der Waals surface area contributed by atoms with E-state index in [2.05, 4.69) is 0 Å². The molecule has 0 radical (unpaired) electrons. The van der Waals surface area contributed by atoms with Crippen LogP contribution in [0.5, 0.6) is 0 Å². The summed E-state index contributed by atoms with van der Waals surface area (Å²) in [5, 5.41) is 0. The molecule has 0 unspecified atom stereocenters. The molecule has 0 aromatic carbocycles. The summed E-state index contributed by atoms with van der Waals surface area (Å²) in [6.45, 7) is 0. The summed E-state index contributed by atoms with van der Waals surface area (Å²) in [7, 11) is 0. The summed E-state index contributed by atoms with van der Waals surface area (Å²) >= 11 is 0. The molecule has 1 aliphatic carbocycles. The minimum atomic E-state index is -0.830. The van der Waals surface area contributed by atoms with Crippen molar-refractivity contribution in [2.24, 2.45) is 0 Å². The van der Waals surface area contributed by atoms with Gasteiger partial charge in [0.25, 0.3) is 0 Å². The van der Waals surface area contributed by atoms with Crippen molar-refractivity contribution in [1.29, 1.82) is 0 Å². The van der Waals surface area contributed by atoms with Gasteiger partial charge in [0, 0.05) is 0 Å². The van der Waals surface area contributed by atoms with Gasteiger partial charge in [0.1, 0.15) is 12.2 Å². The molecule has 2 fully saturated rings. The minimum Gasteiger partial charge on any atom is -0.450 e. The lowest BCUT2D eigenvalue weighted by molar-refractivity contribution is -0.195. The second-order valence-electron chi connectivity index (χ2n) is 3.53. The van der Waals surface area contributed by atoms with E-state index >= 15 is 0 Å². The molecule has 1 saturated carbocycles. The zero-order chi connectivity index (χ0) is 9.26. The van der Waals surface area contributed by atoms with Crippen LogP contribution in [0.1, 0.15) is 32.1 Å². The van der Waals surface area contributed by atoms with Gasteiger partial charge in [0.05, 0.1) is 0 Å². The zero-order valence-electron chi connectivity index (χ0n) is 7.32. The molecule has 1 saturated heterocycles. The summed E-state index contributed by atoms with van der Waals surface area (Å²) in [4.78, 5) is 21.7. The lowest BCUT2D eigenvalue weighted by Gasteiger charge is -2.28. The summed E-state index contributed by atoms with van der Waals surface area (Å²) < 4.78 is 9.94. The molecule has 0 spiro atoms. The smallest absolute Gasteiger partial charge is 0.417 e. The van der Waals surface area contributed by atoms with Gasteiger partial charge in [0.15, 0.2) is 0 Å². The van der Waals surface area contributed by atoms with Crippen molar-refractivity contribution >= 4 is 11.9 Å². The number of hydrogen-bond donors (Lipinski definition) is 0. The lowest BCUT2D eigenvalue weighted by Crippen LogP contribution is -2.43. The third kappa shape index (κ3) is 1.66. The van der Waals surface area contributed by atoms with Crippen LogP contribution in [0.3, 0.4) is 0 Å². The van der Waals surface area contributed by atoms with Gasteiger partial charge in [-0.1, -0.05) is 6.42 Å². The topological polar surface area (TPSA) is 52.6 Å². The third-order valence-corrected chi connectivity index (χ3v) is 2.58. The zero-order valence-corrected chi connectivity index (χ0v) is 7.32. The average Bonchev–Trinajstić information content (AvgIpc) is 2.31.